The van der Waals surface area contributed by atoms with Gasteiger partial charge in [0.25, 0.3) is 0 Å². The lowest BCUT2D eigenvalue weighted by atomic mass is 10.4. The summed E-state index contributed by atoms with van der Waals surface area (Å²) in [4.78, 5) is 15.7. The number of nitrogens with two attached hydrogens (primary N) is 1. The van der Waals surface area contributed by atoms with Crippen molar-refractivity contribution in [2.24, 2.45) is 5.73 Å². The van der Waals surface area contributed by atoms with Gasteiger partial charge >= 0.3 is 6.03 Å². The molecule has 15 heavy (non-hydrogen) atoms. The van der Waals surface area contributed by atoms with Gasteiger partial charge in [0.2, 0.25) is 0 Å². The first kappa shape index (κ1) is 12.2. The third-order valence-electron chi connectivity index (χ3n) is 2.46. The van der Waals surface area contributed by atoms with Crippen molar-refractivity contribution >= 4 is 23.2 Å². The van der Waals surface area contributed by atoms with E-state index in [1.165, 1.54) is 0 Å². The van der Waals surface area contributed by atoms with Crippen LogP contribution in [0.2, 0.25) is 0 Å². The lowest BCUT2D eigenvalue weighted by Crippen LogP contribution is -2.40. The molecule has 0 unspecified atom stereocenters. The molecule has 2 amide bonds. The van der Waals surface area contributed by atoms with Crippen molar-refractivity contribution in [2.75, 3.05) is 39.3 Å². The van der Waals surface area contributed by atoms with E-state index >= 15 is 0 Å². The summed E-state index contributed by atoms with van der Waals surface area (Å²) < 4.78 is 0. The van der Waals surface area contributed by atoms with Crippen LogP contribution in [-0.4, -0.2) is 60.1 Å². The van der Waals surface area contributed by atoms with Gasteiger partial charge in [-0.1, -0.05) is 19.1 Å². The van der Waals surface area contributed by atoms with Crippen LogP contribution >= 0.6 is 12.2 Å². The molecular formula is C9H18N4OS. The third kappa shape index (κ3) is 4.01. The maximum absolute atomic E-state index is 11.2. The molecule has 1 fully saturated rings. The number of hydrogen-bond acceptors (Lipinski definition) is 3. The van der Waals surface area contributed by atoms with Crippen molar-refractivity contribution in [1.29, 1.82) is 0 Å². The minimum Gasteiger partial charge on any atom is -0.392 e. The molecule has 86 valence electrons. The summed E-state index contributed by atoms with van der Waals surface area (Å²) in [5, 5.41) is 2.77. The average Bonchev–Trinajstić information content (AvgIpc) is 2.58. The Balaban J connectivity index is 2.27. The minimum atomic E-state index is 0.0291. The molecule has 5 nitrogen and oxygen atoms in total. The van der Waals surface area contributed by atoms with E-state index in [2.05, 4.69) is 17.1 Å². The number of carbonyl (C=O) groups is 1. The standard InChI is InChI=1S/C9H18N4OS/c1-2-12(7-8(10)15)5-6-13-4-3-11-9(13)14/h2-7H2,1H3,(H2,10,15)(H,11,14). The summed E-state index contributed by atoms with van der Waals surface area (Å²) in [7, 11) is 0. The van der Waals surface area contributed by atoms with Crippen molar-refractivity contribution in [3.8, 4) is 0 Å². The van der Waals surface area contributed by atoms with Crippen LogP contribution in [0.1, 0.15) is 6.92 Å². The molecule has 1 aliphatic heterocycles. The summed E-state index contributed by atoms with van der Waals surface area (Å²) in [5.74, 6) is 0. The molecule has 3 N–H and O–H groups in total. The number of nitrogens with one attached hydrogen (secondary N) is 1. The first-order valence-electron chi connectivity index (χ1n) is 5.17. The molecule has 0 spiro atoms. The van der Waals surface area contributed by atoms with Crippen molar-refractivity contribution < 1.29 is 4.79 Å². The Morgan fingerprint density at radius 2 is 2.47 bits per heavy atom. The van der Waals surface area contributed by atoms with Gasteiger partial charge in [0, 0.05) is 32.7 Å². The van der Waals surface area contributed by atoms with Crippen LogP contribution in [0.25, 0.3) is 0 Å². The quantitative estimate of drug-likeness (QED) is 0.611. The number of urea groups is 1. The normalized spacial score (nSPS) is 15.9. The van der Waals surface area contributed by atoms with E-state index in [1.54, 1.807) is 0 Å². The molecule has 0 radical (unpaired) electrons. The van der Waals surface area contributed by atoms with Crippen molar-refractivity contribution in [3.63, 3.8) is 0 Å². The zero-order valence-corrected chi connectivity index (χ0v) is 9.85. The Labute approximate surface area is 95.6 Å². The molecule has 1 saturated heterocycles. The Hall–Kier alpha value is -0.880. The highest BCUT2D eigenvalue weighted by Crippen LogP contribution is 1.97. The van der Waals surface area contributed by atoms with Gasteiger partial charge in [-0.05, 0) is 6.54 Å². The summed E-state index contributed by atoms with van der Waals surface area (Å²) >= 11 is 4.85. The largest absolute Gasteiger partial charge is 0.392 e. The van der Waals surface area contributed by atoms with Crippen LogP contribution in [0.15, 0.2) is 0 Å². The second-order valence-corrected chi connectivity index (χ2v) is 4.08. The maximum Gasteiger partial charge on any atom is 0.317 e. The van der Waals surface area contributed by atoms with Gasteiger partial charge in [0.05, 0.1) is 4.99 Å². The van der Waals surface area contributed by atoms with E-state index in [4.69, 9.17) is 18.0 Å². The van der Waals surface area contributed by atoms with Gasteiger partial charge in [-0.25, -0.2) is 4.79 Å². The highest BCUT2D eigenvalue weighted by Gasteiger charge is 2.19. The van der Waals surface area contributed by atoms with E-state index in [0.717, 1.165) is 32.7 Å². The number of likely N-dealkylation sites (N-methyl/N-ethyl adjacent to an activating group) is 1. The summed E-state index contributed by atoms with van der Waals surface area (Å²) in [5.41, 5.74) is 5.48. The highest BCUT2D eigenvalue weighted by atomic mass is 32.1. The van der Waals surface area contributed by atoms with Crippen molar-refractivity contribution in [1.82, 2.24) is 15.1 Å². The molecule has 0 aliphatic carbocycles. The predicted molar refractivity (Wildman–Crippen MR) is 63.9 cm³/mol. The van der Waals surface area contributed by atoms with Gasteiger partial charge in [0.15, 0.2) is 0 Å². The lowest BCUT2D eigenvalue weighted by Gasteiger charge is -2.22. The Bertz CT molecular complexity index is 246. The van der Waals surface area contributed by atoms with Gasteiger partial charge in [-0.3, -0.25) is 4.90 Å². The molecule has 0 atom stereocenters. The number of rotatable bonds is 6. The zero-order chi connectivity index (χ0) is 11.3. The number of amides is 2. The fourth-order valence-electron chi connectivity index (χ4n) is 1.56. The predicted octanol–water partition coefficient (Wildman–Crippen LogP) is -0.380. The Morgan fingerprint density at radius 3 is 2.93 bits per heavy atom. The molecule has 0 bridgehead atoms. The first-order valence-corrected chi connectivity index (χ1v) is 5.57. The number of thiocarbonyl (C=S) groups is 1. The Morgan fingerprint density at radius 1 is 1.73 bits per heavy atom. The van der Waals surface area contributed by atoms with Crippen LogP contribution in [-0.2, 0) is 0 Å². The van der Waals surface area contributed by atoms with Crippen LogP contribution in [0.5, 0.6) is 0 Å². The molecule has 0 aromatic carbocycles. The van der Waals surface area contributed by atoms with E-state index in [1.807, 2.05) is 4.90 Å². The average molecular weight is 230 g/mol. The van der Waals surface area contributed by atoms with E-state index < -0.39 is 0 Å². The third-order valence-corrected chi connectivity index (χ3v) is 2.59. The highest BCUT2D eigenvalue weighted by molar-refractivity contribution is 7.80. The molecule has 1 rings (SSSR count). The van der Waals surface area contributed by atoms with Crippen LogP contribution in [0.4, 0.5) is 4.79 Å². The minimum absolute atomic E-state index is 0.0291. The SMILES string of the molecule is CCN(CCN1CCNC1=O)CC(N)=S. The number of carbonyl (C=O) groups excluding carboxylic acids is 1. The molecule has 1 heterocycles. The van der Waals surface area contributed by atoms with Crippen molar-refractivity contribution in [3.05, 3.63) is 0 Å². The molecular weight excluding hydrogens is 212 g/mol. The number of hydrogen-bond donors (Lipinski definition) is 2. The second-order valence-electron chi connectivity index (χ2n) is 3.55. The molecule has 1 aliphatic rings. The smallest absolute Gasteiger partial charge is 0.317 e. The summed E-state index contributed by atoms with van der Waals surface area (Å²) in [6.45, 7) is 6.68. The molecule has 0 saturated carbocycles. The van der Waals surface area contributed by atoms with Gasteiger partial charge in [-0.15, -0.1) is 0 Å². The van der Waals surface area contributed by atoms with Gasteiger partial charge in [-0.2, -0.15) is 0 Å². The monoisotopic (exact) mass is 230 g/mol. The van der Waals surface area contributed by atoms with Gasteiger partial charge < -0.3 is 16.0 Å². The summed E-state index contributed by atoms with van der Waals surface area (Å²) in [6, 6.07) is 0.0291. The summed E-state index contributed by atoms with van der Waals surface area (Å²) in [6.07, 6.45) is 0. The van der Waals surface area contributed by atoms with E-state index in [-0.39, 0.29) is 6.03 Å². The van der Waals surface area contributed by atoms with Crippen molar-refractivity contribution in [2.45, 2.75) is 6.92 Å². The fraction of sp³-hybridized carbons (Fsp3) is 0.778. The number of nitrogens with zero attached hydrogens (tertiary/aromatic N) is 2. The van der Waals surface area contributed by atoms with Crippen LogP contribution in [0.3, 0.4) is 0 Å². The van der Waals surface area contributed by atoms with Crippen LogP contribution < -0.4 is 11.1 Å². The van der Waals surface area contributed by atoms with E-state index in [9.17, 15) is 4.79 Å². The maximum atomic E-state index is 11.2. The molecule has 0 aromatic rings. The zero-order valence-electron chi connectivity index (χ0n) is 9.03. The van der Waals surface area contributed by atoms with Gasteiger partial charge in [0.1, 0.15) is 0 Å². The topological polar surface area (TPSA) is 61.6 Å². The fourth-order valence-corrected chi connectivity index (χ4v) is 1.74. The molecule has 0 aromatic heterocycles. The lowest BCUT2D eigenvalue weighted by molar-refractivity contribution is 0.207. The second kappa shape index (κ2) is 5.87. The molecule has 6 heteroatoms. The van der Waals surface area contributed by atoms with E-state index in [0.29, 0.717) is 11.5 Å². The Kier molecular flexibility index (Phi) is 4.77. The van der Waals surface area contributed by atoms with Crippen LogP contribution in [0, 0.1) is 0 Å². The first-order chi connectivity index (χ1) is 7.13.